The van der Waals surface area contributed by atoms with E-state index in [2.05, 4.69) is 0 Å². The third-order valence-electron chi connectivity index (χ3n) is 3.88. The van der Waals surface area contributed by atoms with Gasteiger partial charge in [0.05, 0.1) is 6.61 Å². The average molecular weight is 425 g/mol. The molecule has 0 fully saturated rings. The summed E-state index contributed by atoms with van der Waals surface area (Å²) in [6.45, 7) is 9.60. The van der Waals surface area contributed by atoms with Gasteiger partial charge in [-0.15, -0.1) is 0 Å². The summed E-state index contributed by atoms with van der Waals surface area (Å²) in [6.07, 6.45) is 3.39. The van der Waals surface area contributed by atoms with Gasteiger partial charge in [-0.25, -0.2) is 4.79 Å². The zero-order valence-corrected chi connectivity index (χ0v) is 18.4. The third-order valence-corrected chi connectivity index (χ3v) is 3.88. The number of hydrogen-bond acceptors (Lipinski definition) is 6. The van der Waals surface area contributed by atoms with E-state index in [-0.39, 0.29) is 11.7 Å². The van der Waals surface area contributed by atoms with Gasteiger partial charge in [0.1, 0.15) is 23.0 Å². The Kier molecular flexibility index (Phi) is 8.69. The molecule has 0 aliphatic heterocycles. The first-order chi connectivity index (χ1) is 14.8. The number of esters is 1. The predicted octanol–water partition coefficient (Wildman–Crippen LogP) is 5.74. The van der Waals surface area contributed by atoms with Crippen LogP contribution in [0.2, 0.25) is 0 Å². The molecule has 0 atom stereocenters. The zero-order valence-electron chi connectivity index (χ0n) is 18.4. The first-order valence-electron chi connectivity index (χ1n) is 9.80. The molecule has 164 valence electrons. The van der Waals surface area contributed by atoms with Crippen LogP contribution in [0, 0.1) is 27.7 Å². The van der Waals surface area contributed by atoms with Crippen LogP contribution in [-0.4, -0.2) is 23.1 Å². The molecule has 0 saturated heterocycles. The quantitative estimate of drug-likeness (QED) is 0.389. The maximum Gasteiger partial charge on any atom is 0.374 e. The average Bonchev–Trinajstić information content (AvgIpc) is 3.52. The van der Waals surface area contributed by atoms with E-state index >= 15 is 0 Å². The topological polar surface area (TPSA) is 87.7 Å². The van der Waals surface area contributed by atoms with Crippen LogP contribution in [0.4, 0.5) is 0 Å². The molecule has 0 N–H and O–H groups in total. The normalized spacial score (nSPS) is 9.84. The number of aryl methyl sites for hydroxylation is 4. The van der Waals surface area contributed by atoms with Crippen molar-refractivity contribution in [3.8, 4) is 0 Å². The minimum Gasteiger partial charge on any atom is -0.467 e. The van der Waals surface area contributed by atoms with Gasteiger partial charge in [0.2, 0.25) is 5.76 Å². The molecule has 31 heavy (non-hydrogen) atoms. The van der Waals surface area contributed by atoms with Crippen molar-refractivity contribution in [1.82, 2.24) is 4.57 Å². The largest absolute Gasteiger partial charge is 0.467 e. The highest BCUT2D eigenvalue weighted by molar-refractivity contribution is 5.93. The third kappa shape index (κ3) is 7.54. The molecular formula is C24H27NO6. The second-order valence-corrected chi connectivity index (χ2v) is 6.59. The molecule has 0 radical (unpaired) electrons. The fraction of sp³-hybridized carbons (Fsp3) is 0.250. The van der Waals surface area contributed by atoms with Crippen LogP contribution in [0.25, 0.3) is 0 Å². The number of ether oxygens (including phenoxy) is 1. The second-order valence-electron chi connectivity index (χ2n) is 6.59. The standard InChI is InChI=1S/C10H9NO2.C8H10O3.C6H8O/c1-8-4-5-9(13-8)10(12)11-6-2-3-7-11;1-3-10-8(9)7-5-4-6(2)11-7;1-5-3-4-6(2)7-5/h2-7H,1H3;4-5H,3H2,1-2H3;3-4H,1-2H3. The number of nitrogens with zero attached hydrogens (tertiary/aromatic N) is 1. The summed E-state index contributed by atoms with van der Waals surface area (Å²) < 4.78 is 21.5. The fourth-order valence-electron chi connectivity index (χ4n) is 2.45. The van der Waals surface area contributed by atoms with Gasteiger partial charge in [0.25, 0.3) is 5.91 Å². The highest BCUT2D eigenvalue weighted by atomic mass is 16.5. The molecule has 0 spiro atoms. The first-order valence-corrected chi connectivity index (χ1v) is 9.80. The van der Waals surface area contributed by atoms with E-state index in [0.29, 0.717) is 18.1 Å². The van der Waals surface area contributed by atoms with Gasteiger partial charge >= 0.3 is 5.97 Å². The van der Waals surface area contributed by atoms with E-state index in [1.54, 1.807) is 62.6 Å². The molecule has 0 amide bonds. The Morgan fingerprint density at radius 2 is 1.19 bits per heavy atom. The molecular weight excluding hydrogens is 398 g/mol. The molecule has 0 aromatic carbocycles. The van der Waals surface area contributed by atoms with Gasteiger partial charge in [-0.2, -0.15) is 0 Å². The van der Waals surface area contributed by atoms with E-state index in [9.17, 15) is 9.59 Å². The molecule has 7 heteroatoms. The van der Waals surface area contributed by atoms with Crippen LogP contribution in [0.3, 0.4) is 0 Å². The maximum atomic E-state index is 11.6. The van der Waals surface area contributed by atoms with E-state index < -0.39 is 5.97 Å². The lowest BCUT2D eigenvalue weighted by molar-refractivity contribution is 0.0488. The lowest BCUT2D eigenvalue weighted by Crippen LogP contribution is -2.07. The van der Waals surface area contributed by atoms with Gasteiger partial charge in [-0.05, 0) is 83.1 Å². The number of furan rings is 3. The Hall–Kier alpha value is -3.74. The van der Waals surface area contributed by atoms with Gasteiger partial charge in [-0.3, -0.25) is 9.36 Å². The Bertz CT molecular complexity index is 1060. The Morgan fingerprint density at radius 1 is 0.742 bits per heavy atom. The molecule has 4 heterocycles. The molecule has 7 nitrogen and oxygen atoms in total. The monoisotopic (exact) mass is 425 g/mol. The summed E-state index contributed by atoms with van der Waals surface area (Å²) in [5, 5.41) is 0. The van der Waals surface area contributed by atoms with Crippen molar-refractivity contribution < 1.29 is 27.6 Å². The van der Waals surface area contributed by atoms with Crippen LogP contribution in [0.1, 0.15) is 51.1 Å². The Labute approximate surface area is 181 Å². The van der Waals surface area contributed by atoms with Crippen molar-refractivity contribution in [1.29, 1.82) is 0 Å². The van der Waals surface area contributed by atoms with Crippen LogP contribution >= 0.6 is 0 Å². The van der Waals surface area contributed by atoms with Crippen molar-refractivity contribution in [3.63, 3.8) is 0 Å². The summed E-state index contributed by atoms with van der Waals surface area (Å²) in [4.78, 5) is 22.5. The summed E-state index contributed by atoms with van der Waals surface area (Å²) in [7, 11) is 0. The van der Waals surface area contributed by atoms with E-state index in [4.69, 9.17) is 18.0 Å². The van der Waals surface area contributed by atoms with Crippen LogP contribution in [0.5, 0.6) is 0 Å². The number of carbonyl (C=O) groups is 2. The first kappa shape index (κ1) is 23.5. The smallest absolute Gasteiger partial charge is 0.374 e. The van der Waals surface area contributed by atoms with Gasteiger partial charge < -0.3 is 18.0 Å². The fourth-order valence-corrected chi connectivity index (χ4v) is 2.45. The van der Waals surface area contributed by atoms with Crippen LogP contribution < -0.4 is 0 Å². The maximum absolute atomic E-state index is 11.6. The zero-order chi connectivity index (χ0) is 22.8. The summed E-state index contributed by atoms with van der Waals surface area (Å²) in [6, 6.07) is 14.3. The SMILES string of the molecule is CCOC(=O)c1ccc(C)o1.Cc1ccc(C(=O)n2cccc2)o1.Cc1ccc(C)o1. The highest BCUT2D eigenvalue weighted by Crippen LogP contribution is 2.09. The molecule has 0 unspecified atom stereocenters. The number of hydrogen-bond donors (Lipinski definition) is 0. The van der Waals surface area contributed by atoms with Gasteiger partial charge in [0.15, 0.2) is 5.76 Å². The summed E-state index contributed by atoms with van der Waals surface area (Å²) in [5.41, 5.74) is 0. The van der Waals surface area contributed by atoms with Crippen molar-refractivity contribution in [2.75, 3.05) is 6.61 Å². The van der Waals surface area contributed by atoms with Crippen molar-refractivity contribution in [2.45, 2.75) is 34.6 Å². The second kappa shape index (κ2) is 11.4. The molecule has 0 aliphatic carbocycles. The summed E-state index contributed by atoms with van der Waals surface area (Å²) >= 11 is 0. The lowest BCUT2D eigenvalue weighted by atomic mass is 10.4. The number of carbonyl (C=O) groups excluding carboxylic acids is 2. The molecule has 0 bridgehead atoms. The van der Waals surface area contributed by atoms with Gasteiger partial charge in [0, 0.05) is 12.4 Å². The number of aromatic nitrogens is 1. The van der Waals surface area contributed by atoms with Crippen LogP contribution in [0.15, 0.2) is 74.2 Å². The summed E-state index contributed by atoms with van der Waals surface area (Å²) in [5.74, 6) is 3.52. The molecule has 0 saturated carbocycles. The molecule has 4 aromatic rings. The Balaban J connectivity index is 0.000000173. The molecule has 4 rings (SSSR count). The van der Waals surface area contributed by atoms with E-state index in [0.717, 1.165) is 17.3 Å². The minimum absolute atomic E-state index is 0.141. The highest BCUT2D eigenvalue weighted by Gasteiger charge is 2.10. The predicted molar refractivity (Wildman–Crippen MR) is 115 cm³/mol. The van der Waals surface area contributed by atoms with Crippen molar-refractivity contribution >= 4 is 11.9 Å². The minimum atomic E-state index is -0.402. The van der Waals surface area contributed by atoms with Crippen molar-refractivity contribution in [2.24, 2.45) is 0 Å². The van der Waals surface area contributed by atoms with Gasteiger partial charge in [-0.1, -0.05) is 0 Å². The van der Waals surface area contributed by atoms with E-state index in [1.807, 2.05) is 32.9 Å². The van der Waals surface area contributed by atoms with Crippen molar-refractivity contribution in [3.05, 3.63) is 95.5 Å². The van der Waals surface area contributed by atoms with Crippen LogP contribution in [-0.2, 0) is 4.74 Å². The number of rotatable bonds is 3. The molecule has 4 aromatic heterocycles. The lowest BCUT2D eigenvalue weighted by Gasteiger charge is -1.96. The van der Waals surface area contributed by atoms with E-state index in [1.165, 1.54) is 4.57 Å². The Morgan fingerprint density at radius 3 is 1.58 bits per heavy atom. The molecule has 0 aliphatic rings.